The highest BCUT2D eigenvalue weighted by Gasteiger charge is 2.11. The van der Waals surface area contributed by atoms with Crippen LogP contribution in [0.3, 0.4) is 0 Å². The van der Waals surface area contributed by atoms with Gasteiger partial charge in [-0.1, -0.05) is 18.2 Å². The van der Waals surface area contributed by atoms with E-state index in [4.69, 9.17) is 9.88 Å². The molecule has 2 rings (SSSR count). The Kier molecular flexibility index (Phi) is 4.77. The van der Waals surface area contributed by atoms with Gasteiger partial charge in [-0.3, -0.25) is 0 Å². The molecule has 0 radical (unpaired) electrons. The van der Waals surface area contributed by atoms with Gasteiger partial charge in [0.25, 0.3) is 0 Å². The highest BCUT2D eigenvalue weighted by molar-refractivity contribution is 7.89. The Labute approximate surface area is 122 Å². The molecule has 2 aromatic rings. The molecule has 0 aromatic heterocycles. The first-order valence-corrected chi connectivity index (χ1v) is 7.75. The van der Waals surface area contributed by atoms with Crippen molar-refractivity contribution in [3.63, 3.8) is 0 Å². The number of primary sulfonamides is 1. The summed E-state index contributed by atoms with van der Waals surface area (Å²) < 4.78 is 41.3. The SMILES string of the molecule is NS(=O)(=O)c1ccc(NCCOc2ccccc2)c(F)c1. The predicted molar refractivity (Wildman–Crippen MR) is 78.2 cm³/mol. The number of sulfonamides is 1. The Morgan fingerprint density at radius 2 is 1.86 bits per heavy atom. The molecule has 2 aromatic carbocycles. The second-order valence-corrected chi connectivity index (χ2v) is 5.84. The molecule has 0 fully saturated rings. The van der Waals surface area contributed by atoms with Gasteiger partial charge in [-0.2, -0.15) is 0 Å². The first-order valence-electron chi connectivity index (χ1n) is 6.21. The van der Waals surface area contributed by atoms with Crippen LogP contribution in [0, 0.1) is 5.82 Å². The smallest absolute Gasteiger partial charge is 0.238 e. The van der Waals surface area contributed by atoms with Crippen LogP contribution in [0.25, 0.3) is 0 Å². The zero-order chi connectivity index (χ0) is 15.3. The third-order valence-corrected chi connectivity index (χ3v) is 3.61. The Bertz CT molecular complexity index is 705. The van der Waals surface area contributed by atoms with Crippen LogP contribution in [0.4, 0.5) is 10.1 Å². The van der Waals surface area contributed by atoms with E-state index in [0.29, 0.717) is 13.2 Å². The first kappa shape index (κ1) is 15.3. The Morgan fingerprint density at radius 3 is 2.48 bits per heavy atom. The van der Waals surface area contributed by atoms with Gasteiger partial charge in [0.2, 0.25) is 10.0 Å². The molecule has 0 saturated heterocycles. The van der Waals surface area contributed by atoms with E-state index in [1.54, 1.807) is 0 Å². The van der Waals surface area contributed by atoms with E-state index in [-0.39, 0.29) is 10.6 Å². The first-order chi connectivity index (χ1) is 9.97. The predicted octanol–water partition coefficient (Wildman–Crippen LogP) is 1.96. The molecular weight excluding hydrogens is 295 g/mol. The largest absolute Gasteiger partial charge is 0.492 e. The molecule has 7 heteroatoms. The van der Waals surface area contributed by atoms with E-state index >= 15 is 0 Å². The monoisotopic (exact) mass is 310 g/mol. The maximum absolute atomic E-state index is 13.7. The van der Waals surface area contributed by atoms with E-state index in [1.165, 1.54) is 12.1 Å². The lowest BCUT2D eigenvalue weighted by molar-refractivity contribution is 0.332. The van der Waals surface area contributed by atoms with Gasteiger partial charge >= 0.3 is 0 Å². The number of hydrogen-bond acceptors (Lipinski definition) is 4. The number of rotatable bonds is 6. The summed E-state index contributed by atoms with van der Waals surface area (Å²) >= 11 is 0. The fraction of sp³-hybridized carbons (Fsp3) is 0.143. The molecule has 0 aliphatic rings. The van der Waals surface area contributed by atoms with E-state index < -0.39 is 15.8 Å². The normalized spacial score (nSPS) is 11.1. The number of para-hydroxylation sites is 1. The highest BCUT2D eigenvalue weighted by Crippen LogP contribution is 2.18. The number of halogens is 1. The molecule has 0 heterocycles. The van der Waals surface area contributed by atoms with Crippen LogP contribution in [0.1, 0.15) is 0 Å². The van der Waals surface area contributed by atoms with Gasteiger partial charge < -0.3 is 10.1 Å². The van der Waals surface area contributed by atoms with Crippen molar-refractivity contribution in [1.29, 1.82) is 0 Å². The van der Waals surface area contributed by atoms with Crippen molar-refractivity contribution in [1.82, 2.24) is 0 Å². The zero-order valence-corrected chi connectivity index (χ0v) is 11.9. The van der Waals surface area contributed by atoms with Crippen molar-refractivity contribution in [2.45, 2.75) is 4.90 Å². The molecule has 0 spiro atoms. The second kappa shape index (κ2) is 6.55. The molecular formula is C14H15FN2O3S. The van der Waals surface area contributed by atoms with E-state index in [9.17, 15) is 12.8 Å². The summed E-state index contributed by atoms with van der Waals surface area (Å²) in [6, 6.07) is 12.7. The maximum atomic E-state index is 13.7. The van der Waals surface area contributed by atoms with E-state index in [2.05, 4.69) is 5.32 Å². The van der Waals surface area contributed by atoms with Gasteiger partial charge in [-0.05, 0) is 30.3 Å². The zero-order valence-electron chi connectivity index (χ0n) is 11.1. The van der Waals surface area contributed by atoms with Crippen molar-refractivity contribution in [3.05, 3.63) is 54.3 Å². The molecule has 0 amide bonds. The molecule has 0 bridgehead atoms. The Hall–Kier alpha value is -2.12. The number of ether oxygens (including phenoxy) is 1. The minimum atomic E-state index is -3.90. The minimum absolute atomic E-state index is 0.194. The average molecular weight is 310 g/mol. The molecule has 0 unspecified atom stereocenters. The summed E-state index contributed by atoms with van der Waals surface area (Å²) in [7, 11) is -3.90. The summed E-state index contributed by atoms with van der Waals surface area (Å²) in [6.07, 6.45) is 0. The fourth-order valence-corrected chi connectivity index (χ4v) is 2.21. The van der Waals surface area contributed by atoms with Crippen LogP contribution in [-0.2, 0) is 10.0 Å². The van der Waals surface area contributed by atoms with Crippen molar-refractivity contribution < 1.29 is 17.5 Å². The third-order valence-electron chi connectivity index (χ3n) is 2.70. The van der Waals surface area contributed by atoms with Crippen molar-refractivity contribution in [2.24, 2.45) is 5.14 Å². The van der Waals surface area contributed by atoms with Gasteiger partial charge in [0, 0.05) is 6.54 Å². The van der Waals surface area contributed by atoms with E-state index in [1.807, 2.05) is 30.3 Å². The van der Waals surface area contributed by atoms with Crippen LogP contribution in [-0.4, -0.2) is 21.6 Å². The number of nitrogens with two attached hydrogens (primary N) is 1. The molecule has 0 aliphatic carbocycles. The summed E-state index contributed by atoms with van der Waals surface area (Å²) in [6.45, 7) is 0.723. The number of hydrogen-bond donors (Lipinski definition) is 2. The van der Waals surface area contributed by atoms with Crippen LogP contribution in [0.15, 0.2) is 53.4 Å². The second-order valence-electron chi connectivity index (χ2n) is 4.27. The van der Waals surface area contributed by atoms with Crippen LogP contribution >= 0.6 is 0 Å². The molecule has 21 heavy (non-hydrogen) atoms. The van der Waals surface area contributed by atoms with Crippen molar-refractivity contribution in [2.75, 3.05) is 18.5 Å². The van der Waals surface area contributed by atoms with Gasteiger partial charge in [0.1, 0.15) is 18.2 Å². The molecule has 0 saturated carbocycles. The number of benzene rings is 2. The summed E-state index contributed by atoms with van der Waals surface area (Å²) in [4.78, 5) is -0.258. The summed E-state index contributed by atoms with van der Waals surface area (Å²) in [5.74, 6) is 0.0468. The van der Waals surface area contributed by atoms with Gasteiger partial charge in [-0.25, -0.2) is 17.9 Å². The highest BCUT2D eigenvalue weighted by atomic mass is 32.2. The van der Waals surface area contributed by atoms with Gasteiger partial charge in [0.05, 0.1) is 10.6 Å². The van der Waals surface area contributed by atoms with Crippen LogP contribution < -0.4 is 15.2 Å². The lowest BCUT2D eigenvalue weighted by atomic mass is 10.3. The van der Waals surface area contributed by atoms with Gasteiger partial charge in [-0.15, -0.1) is 0 Å². The van der Waals surface area contributed by atoms with Crippen LogP contribution in [0.5, 0.6) is 5.75 Å². The Morgan fingerprint density at radius 1 is 1.14 bits per heavy atom. The third kappa shape index (κ3) is 4.44. The lowest BCUT2D eigenvalue weighted by Crippen LogP contribution is -2.14. The quantitative estimate of drug-likeness (QED) is 0.799. The van der Waals surface area contributed by atoms with E-state index in [0.717, 1.165) is 11.8 Å². The maximum Gasteiger partial charge on any atom is 0.238 e. The minimum Gasteiger partial charge on any atom is -0.492 e. The van der Waals surface area contributed by atoms with Crippen molar-refractivity contribution in [3.8, 4) is 5.75 Å². The van der Waals surface area contributed by atoms with Gasteiger partial charge in [0.15, 0.2) is 0 Å². The molecule has 112 valence electrons. The Balaban J connectivity index is 1.89. The summed E-state index contributed by atoms with van der Waals surface area (Å²) in [5.41, 5.74) is 0.194. The lowest BCUT2D eigenvalue weighted by Gasteiger charge is -2.10. The topological polar surface area (TPSA) is 81.4 Å². The molecule has 5 nitrogen and oxygen atoms in total. The number of anilines is 1. The van der Waals surface area contributed by atoms with Crippen molar-refractivity contribution >= 4 is 15.7 Å². The van der Waals surface area contributed by atoms with Crippen LogP contribution in [0.2, 0.25) is 0 Å². The average Bonchev–Trinajstić information content (AvgIpc) is 2.45. The standard InChI is InChI=1S/C14H15FN2O3S/c15-13-10-12(21(16,18)19)6-7-14(13)17-8-9-20-11-4-2-1-3-5-11/h1-7,10,17H,8-9H2,(H2,16,18,19). The molecule has 0 atom stereocenters. The molecule has 3 N–H and O–H groups in total. The number of nitrogens with one attached hydrogen (secondary N) is 1. The fourth-order valence-electron chi connectivity index (χ4n) is 1.69. The molecule has 0 aliphatic heterocycles. The summed E-state index contributed by atoms with van der Waals surface area (Å²) in [5, 5.41) is 7.75.